The molecule has 0 radical (unpaired) electrons. The number of hydrogen-bond acceptors (Lipinski definition) is 2. The fourth-order valence-electron chi connectivity index (χ4n) is 2.37. The van der Waals surface area contributed by atoms with E-state index in [0.717, 1.165) is 18.4 Å². The van der Waals surface area contributed by atoms with E-state index >= 15 is 0 Å². The predicted octanol–water partition coefficient (Wildman–Crippen LogP) is 2.27. The number of hydrogen-bond donors (Lipinski definition) is 1. The summed E-state index contributed by atoms with van der Waals surface area (Å²) < 4.78 is 1.73. The second kappa shape index (κ2) is 6.38. The highest BCUT2D eigenvalue weighted by atomic mass is 16.1. The van der Waals surface area contributed by atoms with Gasteiger partial charge in [-0.05, 0) is 18.9 Å². The van der Waals surface area contributed by atoms with Crippen LogP contribution in [0.2, 0.25) is 0 Å². The smallest absolute Gasteiger partial charge is 0.244 e. The van der Waals surface area contributed by atoms with E-state index in [1.807, 2.05) is 13.2 Å². The fourth-order valence-corrected chi connectivity index (χ4v) is 2.37. The highest BCUT2D eigenvalue weighted by Crippen LogP contribution is 2.17. The van der Waals surface area contributed by atoms with E-state index < -0.39 is 0 Å². The summed E-state index contributed by atoms with van der Waals surface area (Å²) in [5, 5.41) is 7.14. The summed E-state index contributed by atoms with van der Waals surface area (Å²) in [7, 11) is 1.86. The molecule has 1 aromatic heterocycles. The molecule has 1 aliphatic rings. The van der Waals surface area contributed by atoms with Crippen LogP contribution in [0.15, 0.2) is 18.5 Å². The van der Waals surface area contributed by atoms with Crippen LogP contribution in [0.25, 0.3) is 6.08 Å². The molecule has 1 heterocycles. The first kappa shape index (κ1) is 12.9. The number of aryl methyl sites for hydroxylation is 1. The lowest BCUT2D eigenvalue weighted by Gasteiger charge is -2.14. The fraction of sp³-hybridized carbons (Fsp3) is 0.571. The Hall–Kier alpha value is -1.58. The van der Waals surface area contributed by atoms with Crippen molar-refractivity contribution in [2.45, 2.75) is 44.6 Å². The summed E-state index contributed by atoms with van der Waals surface area (Å²) in [6.07, 6.45) is 14.3. The average molecular weight is 247 g/mol. The van der Waals surface area contributed by atoms with Crippen molar-refractivity contribution in [1.82, 2.24) is 15.1 Å². The van der Waals surface area contributed by atoms with E-state index in [2.05, 4.69) is 10.4 Å². The minimum Gasteiger partial charge on any atom is -0.350 e. The number of aromatic nitrogens is 2. The van der Waals surface area contributed by atoms with Crippen molar-refractivity contribution in [3.05, 3.63) is 24.0 Å². The molecule has 0 bridgehead atoms. The number of carbonyl (C=O) groups excluding carboxylic acids is 1. The average Bonchev–Trinajstić information content (AvgIpc) is 2.60. The molecule has 4 nitrogen and oxygen atoms in total. The molecule has 0 aromatic carbocycles. The van der Waals surface area contributed by atoms with Crippen LogP contribution in [0, 0.1) is 0 Å². The minimum absolute atomic E-state index is 0.00533. The molecule has 0 aliphatic heterocycles. The van der Waals surface area contributed by atoms with Gasteiger partial charge in [0.2, 0.25) is 5.91 Å². The van der Waals surface area contributed by atoms with E-state index in [-0.39, 0.29) is 5.91 Å². The molecule has 0 saturated heterocycles. The Bertz CT molecular complexity index is 414. The maximum absolute atomic E-state index is 11.8. The first-order valence-corrected chi connectivity index (χ1v) is 6.71. The van der Waals surface area contributed by atoms with Crippen LogP contribution in [-0.4, -0.2) is 21.7 Å². The van der Waals surface area contributed by atoms with Crippen molar-refractivity contribution in [2.24, 2.45) is 7.05 Å². The van der Waals surface area contributed by atoms with Crippen molar-refractivity contribution >= 4 is 12.0 Å². The van der Waals surface area contributed by atoms with Gasteiger partial charge in [-0.2, -0.15) is 5.10 Å². The molecule has 1 fully saturated rings. The van der Waals surface area contributed by atoms with Crippen LogP contribution in [0.1, 0.15) is 44.1 Å². The molecule has 4 heteroatoms. The molecule has 1 saturated carbocycles. The van der Waals surface area contributed by atoms with Crippen LogP contribution in [0.4, 0.5) is 0 Å². The molecular weight excluding hydrogens is 226 g/mol. The summed E-state index contributed by atoms with van der Waals surface area (Å²) >= 11 is 0. The Balaban J connectivity index is 1.82. The van der Waals surface area contributed by atoms with E-state index in [4.69, 9.17) is 0 Å². The molecule has 1 N–H and O–H groups in total. The van der Waals surface area contributed by atoms with Crippen LogP contribution in [0.3, 0.4) is 0 Å². The Kier molecular flexibility index (Phi) is 4.56. The van der Waals surface area contributed by atoms with Gasteiger partial charge in [0, 0.05) is 30.9 Å². The van der Waals surface area contributed by atoms with Gasteiger partial charge in [-0.1, -0.05) is 25.7 Å². The first-order chi connectivity index (χ1) is 8.74. The van der Waals surface area contributed by atoms with Gasteiger partial charge in [-0.25, -0.2) is 0 Å². The van der Waals surface area contributed by atoms with Gasteiger partial charge in [0.25, 0.3) is 0 Å². The zero-order valence-corrected chi connectivity index (χ0v) is 10.9. The summed E-state index contributed by atoms with van der Waals surface area (Å²) in [5.41, 5.74) is 0.952. The molecule has 1 amide bonds. The van der Waals surface area contributed by atoms with Crippen LogP contribution < -0.4 is 5.32 Å². The maximum atomic E-state index is 11.8. The minimum atomic E-state index is 0.00533. The van der Waals surface area contributed by atoms with Gasteiger partial charge in [0.05, 0.1) is 6.20 Å². The van der Waals surface area contributed by atoms with Crippen LogP contribution >= 0.6 is 0 Å². The number of amides is 1. The lowest BCUT2D eigenvalue weighted by molar-refractivity contribution is -0.117. The Morgan fingerprint density at radius 2 is 2.11 bits per heavy atom. The van der Waals surface area contributed by atoms with Crippen molar-refractivity contribution in [3.8, 4) is 0 Å². The van der Waals surface area contributed by atoms with E-state index in [1.165, 1.54) is 25.7 Å². The van der Waals surface area contributed by atoms with Crippen molar-refractivity contribution < 1.29 is 4.79 Å². The highest BCUT2D eigenvalue weighted by molar-refractivity contribution is 5.91. The quantitative estimate of drug-likeness (QED) is 0.658. The number of carbonyl (C=O) groups is 1. The first-order valence-electron chi connectivity index (χ1n) is 6.71. The van der Waals surface area contributed by atoms with E-state index in [1.54, 1.807) is 23.0 Å². The summed E-state index contributed by atoms with van der Waals surface area (Å²) in [4.78, 5) is 11.8. The SMILES string of the molecule is Cn1cc(/C=C/C(=O)NC2CCCCCC2)cn1. The molecule has 0 spiro atoms. The third-order valence-corrected chi connectivity index (χ3v) is 3.35. The molecule has 0 unspecified atom stereocenters. The standard InChI is InChI=1S/C14H21N3O/c1-17-11-12(10-15-17)8-9-14(18)16-13-6-4-2-3-5-7-13/h8-11,13H,2-7H2,1H3,(H,16,18)/b9-8+. The highest BCUT2D eigenvalue weighted by Gasteiger charge is 2.12. The topological polar surface area (TPSA) is 46.9 Å². The Morgan fingerprint density at radius 1 is 1.39 bits per heavy atom. The zero-order valence-electron chi connectivity index (χ0n) is 10.9. The van der Waals surface area contributed by atoms with Crippen molar-refractivity contribution in [2.75, 3.05) is 0 Å². The molecule has 98 valence electrons. The van der Waals surface area contributed by atoms with Crippen molar-refractivity contribution in [1.29, 1.82) is 0 Å². The second-order valence-electron chi connectivity index (χ2n) is 4.98. The van der Waals surface area contributed by atoms with Gasteiger partial charge >= 0.3 is 0 Å². The third-order valence-electron chi connectivity index (χ3n) is 3.35. The molecular formula is C14H21N3O. The Morgan fingerprint density at radius 3 is 2.72 bits per heavy atom. The molecule has 1 aliphatic carbocycles. The van der Waals surface area contributed by atoms with Crippen molar-refractivity contribution in [3.63, 3.8) is 0 Å². The summed E-state index contributed by atoms with van der Waals surface area (Å²) in [6.45, 7) is 0. The molecule has 18 heavy (non-hydrogen) atoms. The van der Waals surface area contributed by atoms with E-state index in [9.17, 15) is 4.79 Å². The summed E-state index contributed by atoms with van der Waals surface area (Å²) in [5.74, 6) is 0.00533. The third kappa shape index (κ3) is 4.02. The lowest BCUT2D eigenvalue weighted by Crippen LogP contribution is -2.33. The van der Waals surface area contributed by atoms with E-state index in [0.29, 0.717) is 6.04 Å². The molecule has 1 aromatic rings. The molecule has 0 atom stereocenters. The van der Waals surface area contributed by atoms with Gasteiger partial charge in [0.15, 0.2) is 0 Å². The summed E-state index contributed by atoms with van der Waals surface area (Å²) in [6, 6.07) is 0.360. The van der Waals surface area contributed by atoms with Gasteiger partial charge in [-0.15, -0.1) is 0 Å². The van der Waals surface area contributed by atoms with Gasteiger partial charge < -0.3 is 5.32 Å². The largest absolute Gasteiger partial charge is 0.350 e. The number of nitrogens with zero attached hydrogens (tertiary/aromatic N) is 2. The van der Waals surface area contributed by atoms with Crippen LogP contribution in [-0.2, 0) is 11.8 Å². The number of rotatable bonds is 3. The predicted molar refractivity (Wildman–Crippen MR) is 71.9 cm³/mol. The van der Waals surface area contributed by atoms with Gasteiger partial charge in [0.1, 0.15) is 0 Å². The lowest BCUT2D eigenvalue weighted by atomic mass is 10.1. The normalized spacial score (nSPS) is 17.8. The van der Waals surface area contributed by atoms with Gasteiger partial charge in [-0.3, -0.25) is 9.48 Å². The molecule has 2 rings (SSSR count). The Labute approximate surface area is 108 Å². The second-order valence-corrected chi connectivity index (χ2v) is 4.98. The zero-order chi connectivity index (χ0) is 12.8. The van der Waals surface area contributed by atoms with Crippen LogP contribution in [0.5, 0.6) is 0 Å². The number of nitrogens with one attached hydrogen (secondary N) is 1. The monoisotopic (exact) mass is 247 g/mol. The maximum Gasteiger partial charge on any atom is 0.244 e.